The third kappa shape index (κ3) is 3.48. The van der Waals surface area contributed by atoms with Crippen molar-refractivity contribution >= 4 is 18.1 Å². The summed E-state index contributed by atoms with van der Waals surface area (Å²) in [6.07, 6.45) is 0. The van der Waals surface area contributed by atoms with Gasteiger partial charge in [0.1, 0.15) is 5.82 Å². The normalized spacial score (nSPS) is 9.33. The number of anilines is 1. The first-order chi connectivity index (χ1) is 5.18. The Morgan fingerprint density at radius 3 is 2.00 bits per heavy atom. The third-order valence-electron chi connectivity index (χ3n) is 1.12. The van der Waals surface area contributed by atoms with E-state index in [0.717, 1.165) is 12.1 Å². The van der Waals surface area contributed by atoms with Crippen molar-refractivity contribution in [2.75, 3.05) is 5.32 Å². The molecular weight excluding hydrogens is 191 g/mol. The lowest BCUT2D eigenvalue weighted by atomic mass is 10.3. The van der Waals surface area contributed by atoms with E-state index in [-0.39, 0.29) is 18.1 Å². The van der Waals surface area contributed by atoms with E-state index in [1.807, 2.05) is 5.32 Å². The van der Waals surface area contributed by atoms with Crippen LogP contribution >= 0.6 is 12.4 Å². The number of hydrogen-bond acceptors (Lipinski definition) is 1. The Kier molecular flexibility index (Phi) is 4.51. The Hall–Kier alpha value is -0.900. The van der Waals surface area contributed by atoms with Crippen LogP contribution in [0.3, 0.4) is 0 Å². The molecule has 5 heteroatoms. The maximum absolute atomic E-state index is 12.2. The van der Waals surface area contributed by atoms with Gasteiger partial charge in [0.2, 0.25) is 0 Å². The standard InChI is InChI=1S/C7H6F3N.ClH/c8-5-1-3-6(4-2-5)11-7(9)10;/h1-4,7,11H;1H. The van der Waals surface area contributed by atoms with Gasteiger partial charge in [-0.3, -0.25) is 0 Å². The average Bonchev–Trinajstić information content (AvgIpc) is 1.93. The predicted octanol–water partition coefficient (Wildman–Crippen LogP) is 2.88. The van der Waals surface area contributed by atoms with E-state index < -0.39 is 12.4 Å². The number of rotatable bonds is 2. The summed E-state index contributed by atoms with van der Waals surface area (Å²) in [7, 11) is 0. The molecule has 1 rings (SSSR count). The molecule has 1 aromatic rings. The van der Waals surface area contributed by atoms with Gasteiger partial charge in [-0.05, 0) is 24.3 Å². The van der Waals surface area contributed by atoms with E-state index in [9.17, 15) is 13.2 Å². The van der Waals surface area contributed by atoms with Gasteiger partial charge in [0.05, 0.1) is 0 Å². The SMILES string of the molecule is Cl.Fc1ccc(NC(F)F)cc1. The molecule has 0 saturated heterocycles. The zero-order chi connectivity index (χ0) is 8.27. The van der Waals surface area contributed by atoms with E-state index in [1.165, 1.54) is 12.1 Å². The molecule has 0 atom stereocenters. The largest absolute Gasteiger partial charge is 0.330 e. The van der Waals surface area contributed by atoms with Crippen LogP contribution in [0.4, 0.5) is 18.9 Å². The molecule has 0 aromatic heterocycles. The van der Waals surface area contributed by atoms with Crippen molar-refractivity contribution in [1.82, 2.24) is 0 Å². The van der Waals surface area contributed by atoms with Gasteiger partial charge in [-0.25, -0.2) is 4.39 Å². The molecule has 1 aromatic carbocycles. The topological polar surface area (TPSA) is 12.0 Å². The van der Waals surface area contributed by atoms with E-state index in [1.54, 1.807) is 0 Å². The van der Waals surface area contributed by atoms with E-state index >= 15 is 0 Å². The molecule has 12 heavy (non-hydrogen) atoms. The Morgan fingerprint density at radius 1 is 1.08 bits per heavy atom. The molecule has 0 spiro atoms. The van der Waals surface area contributed by atoms with Crippen LogP contribution in [-0.2, 0) is 0 Å². The molecular formula is C7H7ClF3N. The Balaban J connectivity index is 0.00000121. The summed E-state index contributed by atoms with van der Waals surface area (Å²) < 4.78 is 35.4. The van der Waals surface area contributed by atoms with Crippen molar-refractivity contribution in [1.29, 1.82) is 0 Å². The second-order valence-corrected chi connectivity index (χ2v) is 1.95. The van der Waals surface area contributed by atoms with Crippen molar-refractivity contribution in [3.05, 3.63) is 30.1 Å². The van der Waals surface area contributed by atoms with Crippen LogP contribution in [0.2, 0.25) is 0 Å². The van der Waals surface area contributed by atoms with Gasteiger partial charge >= 0.3 is 6.55 Å². The molecule has 0 saturated carbocycles. The molecule has 0 heterocycles. The van der Waals surface area contributed by atoms with Crippen LogP contribution in [0.15, 0.2) is 24.3 Å². The summed E-state index contributed by atoms with van der Waals surface area (Å²) in [5.74, 6) is -0.440. The maximum Gasteiger partial charge on any atom is 0.312 e. The van der Waals surface area contributed by atoms with Gasteiger partial charge in [0, 0.05) is 5.69 Å². The van der Waals surface area contributed by atoms with Gasteiger partial charge in [0.25, 0.3) is 0 Å². The second kappa shape index (κ2) is 4.87. The first-order valence-corrected chi connectivity index (χ1v) is 2.99. The van der Waals surface area contributed by atoms with Crippen LogP contribution < -0.4 is 5.32 Å². The van der Waals surface area contributed by atoms with Crippen LogP contribution in [0, 0.1) is 5.82 Å². The lowest BCUT2D eigenvalue weighted by Gasteiger charge is -2.02. The second-order valence-electron chi connectivity index (χ2n) is 1.95. The third-order valence-corrected chi connectivity index (χ3v) is 1.12. The molecule has 1 nitrogen and oxygen atoms in total. The fourth-order valence-corrected chi connectivity index (χ4v) is 0.672. The van der Waals surface area contributed by atoms with E-state index in [0.29, 0.717) is 0 Å². The number of benzene rings is 1. The molecule has 68 valence electrons. The summed E-state index contributed by atoms with van der Waals surface area (Å²) in [6, 6.07) is 4.73. The summed E-state index contributed by atoms with van der Waals surface area (Å²) in [4.78, 5) is 0. The van der Waals surface area contributed by atoms with E-state index in [4.69, 9.17) is 0 Å². The summed E-state index contributed by atoms with van der Waals surface area (Å²) in [5, 5.41) is 1.83. The first kappa shape index (κ1) is 11.1. The Morgan fingerprint density at radius 2 is 1.58 bits per heavy atom. The molecule has 0 radical (unpaired) electrons. The minimum Gasteiger partial charge on any atom is -0.330 e. The van der Waals surface area contributed by atoms with Gasteiger partial charge in [0.15, 0.2) is 0 Å². The van der Waals surface area contributed by atoms with Crippen LogP contribution in [0.25, 0.3) is 0 Å². The highest BCUT2D eigenvalue weighted by atomic mass is 35.5. The molecule has 1 N–H and O–H groups in total. The predicted molar refractivity (Wildman–Crippen MR) is 43.3 cm³/mol. The molecule has 0 aliphatic rings. The monoisotopic (exact) mass is 197 g/mol. The minimum absolute atomic E-state index is 0. The maximum atomic E-state index is 12.2. The highest BCUT2D eigenvalue weighted by Gasteiger charge is 2.00. The fourth-order valence-electron chi connectivity index (χ4n) is 0.672. The summed E-state index contributed by atoms with van der Waals surface area (Å²) in [6.45, 7) is -2.61. The van der Waals surface area contributed by atoms with Gasteiger partial charge in [-0.15, -0.1) is 12.4 Å². The molecule has 0 fully saturated rings. The average molecular weight is 198 g/mol. The van der Waals surface area contributed by atoms with Crippen molar-refractivity contribution in [3.8, 4) is 0 Å². The number of alkyl halides is 2. The Bertz CT molecular complexity index is 225. The van der Waals surface area contributed by atoms with Gasteiger partial charge in [-0.1, -0.05) is 0 Å². The highest BCUT2D eigenvalue weighted by Crippen LogP contribution is 2.10. The van der Waals surface area contributed by atoms with Crippen molar-refractivity contribution in [2.45, 2.75) is 6.55 Å². The van der Waals surface area contributed by atoms with Gasteiger partial charge < -0.3 is 5.32 Å². The first-order valence-electron chi connectivity index (χ1n) is 2.99. The highest BCUT2D eigenvalue weighted by molar-refractivity contribution is 5.85. The van der Waals surface area contributed by atoms with E-state index in [2.05, 4.69) is 0 Å². The quantitative estimate of drug-likeness (QED) is 0.719. The molecule has 0 aliphatic heterocycles. The summed E-state index contributed by atoms with van der Waals surface area (Å²) >= 11 is 0. The summed E-state index contributed by atoms with van der Waals surface area (Å²) in [5.41, 5.74) is 0.210. The van der Waals surface area contributed by atoms with Crippen LogP contribution in [-0.4, -0.2) is 6.55 Å². The smallest absolute Gasteiger partial charge is 0.312 e. The lowest BCUT2D eigenvalue weighted by molar-refractivity contribution is 0.181. The molecule has 0 amide bonds. The van der Waals surface area contributed by atoms with Crippen molar-refractivity contribution < 1.29 is 13.2 Å². The van der Waals surface area contributed by atoms with Crippen molar-refractivity contribution in [2.24, 2.45) is 0 Å². The van der Waals surface area contributed by atoms with Crippen LogP contribution in [0.1, 0.15) is 0 Å². The van der Waals surface area contributed by atoms with Crippen molar-refractivity contribution in [3.63, 3.8) is 0 Å². The zero-order valence-electron chi connectivity index (χ0n) is 5.93. The number of nitrogens with one attached hydrogen (secondary N) is 1. The van der Waals surface area contributed by atoms with Crippen LogP contribution in [0.5, 0.6) is 0 Å². The lowest BCUT2D eigenvalue weighted by Crippen LogP contribution is -2.05. The fraction of sp³-hybridized carbons (Fsp3) is 0.143. The zero-order valence-corrected chi connectivity index (χ0v) is 6.75. The molecule has 0 bridgehead atoms. The Labute approximate surface area is 74.0 Å². The van der Waals surface area contributed by atoms with Gasteiger partial charge in [-0.2, -0.15) is 8.78 Å². The number of halogens is 4. The molecule has 0 unspecified atom stereocenters. The minimum atomic E-state index is -2.61. The molecule has 0 aliphatic carbocycles. The number of hydrogen-bond donors (Lipinski definition) is 1.